The molecule has 1 amide bonds. The van der Waals surface area contributed by atoms with Crippen molar-refractivity contribution in [2.24, 2.45) is 0 Å². The summed E-state index contributed by atoms with van der Waals surface area (Å²) in [6.45, 7) is 11.0. The molecule has 0 aliphatic heterocycles. The van der Waals surface area contributed by atoms with Crippen LogP contribution in [0.4, 0.5) is 0 Å². The molecule has 0 saturated carbocycles. The maximum atomic E-state index is 12.4. The van der Waals surface area contributed by atoms with Crippen LogP contribution in [0.25, 0.3) is 0 Å². The first-order valence-corrected chi connectivity index (χ1v) is 6.74. The van der Waals surface area contributed by atoms with Gasteiger partial charge in [0.15, 0.2) is 0 Å². The Kier molecular flexibility index (Phi) is 4.52. The molecule has 3 heteroatoms. The number of allylic oxidation sites excluding steroid dienone is 1. The number of thiophene rings is 1. The molecule has 1 aromatic heterocycles. The Morgan fingerprint density at radius 2 is 2.06 bits per heavy atom. The first kappa shape index (κ1) is 14.0. The molecule has 94 valence electrons. The summed E-state index contributed by atoms with van der Waals surface area (Å²) < 4.78 is 0. The molecule has 17 heavy (non-hydrogen) atoms. The van der Waals surface area contributed by atoms with Gasteiger partial charge in [-0.25, -0.2) is 0 Å². The summed E-state index contributed by atoms with van der Waals surface area (Å²) in [5.41, 5.74) is 1.86. The van der Waals surface area contributed by atoms with Crippen LogP contribution in [0.1, 0.15) is 45.0 Å². The van der Waals surface area contributed by atoms with Crippen LogP contribution in [0.5, 0.6) is 0 Å². The molecular formula is C14H21NOS. The summed E-state index contributed by atoms with van der Waals surface area (Å²) in [6.07, 6.45) is 2.09. The normalized spacial score (nSPS) is 11.1. The van der Waals surface area contributed by atoms with E-state index in [9.17, 15) is 4.79 Å². The number of carbonyl (C=O) groups excluding carboxylic acids is 1. The maximum Gasteiger partial charge on any atom is 0.255 e. The third-order valence-electron chi connectivity index (χ3n) is 2.51. The summed E-state index contributed by atoms with van der Waals surface area (Å²) in [5, 5.41) is 3.85. The molecule has 0 spiro atoms. The van der Waals surface area contributed by atoms with Crippen LogP contribution in [0.3, 0.4) is 0 Å². The van der Waals surface area contributed by atoms with Crippen molar-refractivity contribution in [1.82, 2.24) is 4.90 Å². The molecular weight excluding hydrogens is 230 g/mol. The first-order chi connectivity index (χ1) is 7.82. The second-order valence-corrected chi connectivity index (χ2v) is 6.16. The van der Waals surface area contributed by atoms with Gasteiger partial charge >= 0.3 is 0 Å². The van der Waals surface area contributed by atoms with Gasteiger partial charge in [0.1, 0.15) is 0 Å². The average Bonchev–Trinajstić information content (AvgIpc) is 2.67. The molecule has 0 aliphatic carbocycles. The van der Waals surface area contributed by atoms with Crippen LogP contribution in [0, 0.1) is 0 Å². The van der Waals surface area contributed by atoms with Crippen LogP contribution < -0.4 is 0 Å². The van der Waals surface area contributed by atoms with E-state index in [4.69, 9.17) is 0 Å². The van der Waals surface area contributed by atoms with E-state index in [1.165, 1.54) is 5.57 Å². The smallest absolute Gasteiger partial charge is 0.255 e. The summed E-state index contributed by atoms with van der Waals surface area (Å²) in [7, 11) is 0. The molecule has 0 aromatic carbocycles. The van der Waals surface area contributed by atoms with E-state index in [0.717, 1.165) is 5.56 Å². The van der Waals surface area contributed by atoms with E-state index >= 15 is 0 Å². The summed E-state index contributed by atoms with van der Waals surface area (Å²) >= 11 is 1.56. The molecule has 1 rings (SSSR count). The van der Waals surface area contributed by atoms with E-state index in [1.54, 1.807) is 11.3 Å². The van der Waals surface area contributed by atoms with Gasteiger partial charge in [0, 0.05) is 17.5 Å². The molecule has 0 aliphatic rings. The van der Waals surface area contributed by atoms with Gasteiger partial charge < -0.3 is 4.90 Å². The lowest BCUT2D eigenvalue weighted by molar-refractivity contribution is 0.0616. The van der Waals surface area contributed by atoms with E-state index in [1.807, 2.05) is 21.7 Å². The predicted molar refractivity (Wildman–Crippen MR) is 74.5 cm³/mol. The van der Waals surface area contributed by atoms with Gasteiger partial charge in [0.25, 0.3) is 5.91 Å². The Hall–Kier alpha value is -1.09. The molecule has 0 bridgehead atoms. The molecule has 1 heterocycles. The maximum absolute atomic E-state index is 12.4. The minimum atomic E-state index is -0.162. The van der Waals surface area contributed by atoms with Crippen molar-refractivity contribution in [2.45, 2.75) is 40.2 Å². The Balaban J connectivity index is 2.92. The van der Waals surface area contributed by atoms with E-state index < -0.39 is 0 Å². The lowest BCUT2D eigenvalue weighted by Gasteiger charge is -2.35. The van der Waals surface area contributed by atoms with Gasteiger partial charge in [-0.15, -0.1) is 0 Å². The van der Waals surface area contributed by atoms with Crippen LogP contribution >= 0.6 is 11.3 Å². The fourth-order valence-electron chi connectivity index (χ4n) is 1.48. The summed E-state index contributed by atoms with van der Waals surface area (Å²) in [4.78, 5) is 14.3. The van der Waals surface area contributed by atoms with Crippen molar-refractivity contribution in [3.8, 4) is 0 Å². The van der Waals surface area contributed by atoms with Gasteiger partial charge in [-0.2, -0.15) is 11.3 Å². The number of rotatable bonds is 3. The summed E-state index contributed by atoms with van der Waals surface area (Å²) in [5.74, 6) is 0.108. The van der Waals surface area contributed by atoms with Crippen LogP contribution in [-0.2, 0) is 0 Å². The van der Waals surface area contributed by atoms with Crippen LogP contribution in [-0.4, -0.2) is 22.9 Å². The highest BCUT2D eigenvalue weighted by atomic mass is 32.1. The number of carbonyl (C=O) groups is 1. The van der Waals surface area contributed by atoms with Gasteiger partial charge in [0.2, 0.25) is 0 Å². The second kappa shape index (κ2) is 5.50. The highest BCUT2D eigenvalue weighted by Gasteiger charge is 2.26. The standard InChI is InChI=1S/C14H21NOS/c1-11(2)6-8-15(14(3,4)5)13(16)12-7-9-17-10-12/h6-7,9-10H,8H2,1-5H3. The average molecular weight is 251 g/mol. The molecule has 0 N–H and O–H groups in total. The van der Waals surface area contributed by atoms with Gasteiger partial charge in [0.05, 0.1) is 5.56 Å². The molecule has 0 saturated heterocycles. The third-order valence-corrected chi connectivity index (χ3v) is 3.19. The molecule has 0 unspecified atom stereocenters. The fraction of sp³-hybridized carbons (Fsp3) is 0.500. The zero-order valence-corrected chi connectivity index (χ0v) is 12.1. The minimum absolute atomic E-state index is 0.108. The lowest BCUT2D eigenvalue weighted by atomic mass is 10.0. The SMILES string of the molecule is CC(C)=CCN(C(=O)c1ccsc1)C(C)(C)C. The number of hydrogen-bond donors (Lipinski definition) is 0. The Bertz CT molecular complexity index is 394. The van der Waals surface area contributed by atoms with Crippen molar-refractivity contribution in [1.29, 1.82) is 0 Å². The van der Waals surface area contributed by atoms with E-state index in [2.05, 4.69) is 40.7 Å². The van der Waals surface area contributed by atoms with Crippen molar-refractivity contribution in [2.75, 3.05) is 6.54 Å². The van der Waals surface area contributed by atoms with Gasteiger partial charge in [-0.3, -0.25) is 4.79 Å². The molecule has 0 radical (unpaired) electrons. The third kappa shape index (κ3) is 4.00. The monoisotopic (exact) mass is 251 g/mol. The molecule has 1 aromatic rings. The van der Waals surface area contributed by atoms with Crippen molar-refractivity contribution >= 4 is 17.2 Å². The van der Waals surface area contributed by atoms with Gasteiger partial charge in [-0.1, -0.05) is 11.6 Å². The fourth-order valence-corrected chi connectivity index (χ4v) is 2.11. The van der Waals surface area contributed by atoms with Crippen LogP contribution in [0.15, 0.2) is 28.5 Å². The van der Waals surface area contributed by atoms with Crippen molar-refractivity contribution in [3.63, 3.8) is 0 Å². The topological polar surface area (TPSA) is 20.3 Å². The molecule has 0 fully saturated rings. The zero-order valence-electron chi connectivity index (χ0n) is 11.3. The van der Waals surface area contributed by atoms with Crippen molar-refractivity contribution < 1.29 is 4.79 Å². The molecule has 0 atom stereocenters. The van der Waals surface area contributed by atoms with Crippen molar-refractivity contribution in [3.05, 3.63) is 34.0 Å². The van der Waals surface area contributed by atoms with E-state index in [0.29, 0.717) is 6.54 Å². The van der Waals surface area contributed by atoms with Crippen LogP contribution in [0.2, 0.25) is 0 Å². The zero-order chi connectivity index (χ0) is 13.1. The van der Waals surface area contributed by atoms with Gasteiger partial charge in [-0.05, 0) is 46.1 Å². The number of hydrogen-bond acceptors (Lipinski definition) is 2. The summed E-state index contributed by atoms with van der Waals surface area (Å²) in [6, 6.07) is 1.88. The largest absolute Gasteiger partial charge is 0.330 e. The number of nitrogens with zero attached hydrogens (tertiary/aromatic N) is 1. The minimum Gasteiger partial charge on any atom is -0.330 e. The predicted octanol–water partition coefficient (Wildman–Crippen LogP) is 3.96. The number of amides is 1. The Morgan fingerprint density at radius 1 is 1.41 bits per heavy atom. The highest BCUT2D eigenvalue weighted by Crippen LogP contribution is 2.19. The Morgan fingerprint density at radius 3 is 2.47 bits per heavy atom. The lowest BCUT2D eigenvalue weighted by Crippen LogP contribution is -2.45. The Labute approximate surface area is 108 Å². The second-order valence-electron chi connectivity index (χ2n) is 5.38. The first-order valence-electron chi connectivity index (χ1n) is 5.80. The highest BCUT2D eigenvalue weighted by molar-refractivity contribution is 7.08. The van der Waals surface area contributed by atoms with E-state index in [-0.39, 0.29) is 11.4 Å². The molecule has 2 nitrogen and oxygen atoms in total. The quantitative estimate of drug-likeness (QED) is 0.745.